The Morgan fingerprint density at radius 2 is 1.41 bits per heavy atom. The second kappa shape index (κ2) is 11.8. The average molecular weight is 576 g/mol. The summed E-state index contributed by atoms with van der Waals surface area (Å²) in [5.74, 6) is -2.39. The third-order valence-corrected chi connectivity index (χ3v) is 6.46. The Morgan fingerprint density at radius 1 is 0.854 bits per heavy atom. The second-order valence-corrected chi connectivity index (χ2v) is 13.4. The molecule has 2 aliphatic rings. The van der Waals surface area contributed by atoms with Gasteiger partial charge < -0.3 is 23.7 Å². The van der Waals surface area contributed by atoms with Gasteiger partial charge in [-0.2, -0.15) is 0 Å². The normalized spacial score (nSPS) is 23.3. The van der Waals surface area contributed by atoms with Crippen molar-refractivity contribution in [3.63, 3.8) is 0 Å². The van der Waals surface area contributed by atoms with Crippen LogP contribution in [0.2, 0.25) is 0 Å². The van der Waals surface area contributed by atoms with Crippen LogP contribution in [-0.4, -0.2) is 72.1 Å². The Bertz CT molecular complexity index is 1160. The summed E-state index contributed by atoms with van der Waals surface area (Å²) in [6.45, 7) is 14.5. The Kier molecular flexibility index (Phi) is 9.22. The Morgan fingerprint density at radius 3 is 1.95 bits per heavy atom. The summed E-state index contributed by atoms with van der Waals surface area (Å²) in [6.07, 6.45) is -7.26. The van der Waals surface area contributed by atoms with Crippen LogP contribution in [-0.2, 0) is 49.3 Å². The van der Waals surface area contributed by atoms with Gasteiger partial charge in [-0.25, -0.2) is 9.69 Å². The van der Waals surface area contributed by atoms with Gasteiger partial charge in [-0.3, -0.25) is 19.2 Å². The van der Waals surface area contributed by atoms with Crippen molar-refractivity contribution in [1.82, 2.24) is 4.90 Å². The summed E-state index contributed by atoms with van der Waals surface area (Å²) in [4.78, 5) is 65.5. The first kappa shape index (κ1) is 32.0. The largest absolute Gasteiger partial charge is 0.461 e. The van der Waals surface area contributed by atoms with Crippen molar-refractivity contribution >= 4 is 29.9 Å². The minimum atomic E-state index is -1.27. The molecule has 3 rings (SSSR count). The highest BCUT2D eigenvalue weighted by atomic mass is 16.7. The number of benzene rings is 1. The van der Waals surface area contributed by atoms with E-state index in [1.165, 1.54) is 0 Å². The van der Waals surface area contributed by atoms with E-state index in [9.17, 15) is 24.0 Å². The lowest BCUT2D eigenvalue weighted by Gasteiger charge is -2.32. The van der Waals surface area contributed by atoms with Crippen LogP contribution in [0.5, 0.6) is 0 Å². The molecule has 1 aromatic carbocycles. The van der Waals surface area contributed by atoms with E-state index in [2.05, 4.69) is 0 Å². The van der Waals surface area contributed by atoms with E-state index >= 15 is 0 Å². The number of nitrogens with zero attached hydrogens (tertiary/aromatic N) is 1. The molecule has 2 fully saturated rings. The van der Waals surface area contributed by atoms with E-state index in [1.54, 1.807) is 92.6 Å². The number of ether oxygens (including phenoxy) is 5. The average Bonchev–Trinajstić information content (AvgIpc) is 3.34. The van der Waals surface area contributed by atoms with Crippen molar-refractivity contribution in [2.45, 2.75) is 99.4 Å². The molecule has 0 aromatic heterocycles. The number of carbonyl (C=O) groups is 5. The molecule has 0 unspecified atom stereocenters. The monoisotopic (exact) mass is 575 g/mol. The highest BCUT2D eigenvalue weighted by Crippen LogP contribution is 2.38. The lowest BCUT2D eigenvalue weighted by molar-refractivity contribution is -0.190. The summed E-state index contributed by atoms with van der Waals surface area (Å²) < 4.78 is 28.8. The summed E-state index contributed by atoms with van der Waals surface area (Å²) in [6, 6.07) is 8.83. The van der Waals surface area contributed by atoms with Crippen LogP contribution < -0.4 is 0 Å². The molecule has 0 radical (unpaired) electrons. The van der Waals surface area contributed by atoms with Crippen LogP contribution in [0.3, 0.4) is 0 Å². The summed E-state index contributed by atoms with van der Waals surface area (Å²) in [5, 5.41) is 0. The molecular weight excluding hydrogens is 534 g/mol. The van der Waals surface area contributed by atoms with E-state index < -0.39 is 83.4 Å². The van der Waals surface area contributed by atoms with Crippen molar-refractivity contribution < 1.29 is 47.7 Å². The summed E-state index contributed by atoms with van der Waals surface area (Å²) >= 11 is 0. The second-order valence-electron chi connectivity index (χ2n) is 13.4. The number of hydrogen-bond donors (Lipinski definition) is 0. The molecule has 2 aliphatic heterocycles. The first-order chi connectivity index (χ1) is 18.8. The molecule has 0 bridgehead atoms. The number of hydrogen-bond acceptors (Lipinski definition) is 10. The van der Waals surface area contributed by atoms with E-state index in [-0.39, 0.29) is 6.42 Å². The zero-order valence-electron chi connectivity index (χ0n) is 25.2. The fourth-order valence-corrected chi connectivity index (χ4v) is 3.99. The van der Waals surface area contributed by atoms with Crippen molar-refractivity contribution in [3.05, 3.63) is 35.9 Å². The smallest absolute Gasteiger partial charge is 0.419 e. The van der Waals surface area contributed by atoms with E-state index in [0.29, 0.717) is 5.56 Å². The minimum absolute atomic E-state index is 0.106. The third kappa shape index (κ3) is 7.63. The summed E-state index contributed by atoms with van der Waals surface area (Å²) in [7, 11) is 0. The van der Waals surface area contributed by atoms with Crippen molar-refractivity contribution in [3.8, 4) is 0 Å². The maximum atomic E-state index is 13.2. The molecule has 0 saturated carbocycles. The van der Waals surface area contributed by atoms with E-state index in [1.807, 2.05) is 0 Å². The fourth-order valence-electron chi connectivity index (χ4n) is 3.99. The van der Waals surface area contributed by atoms with E-state index in [4.69, 9.17) is 23.7 Å². The highest BCUT2D eigenvalue weighted by Gasteiger charge is 2.62. The standard InChI is InChI=1S/C30H41NO10/c1-28(2,3)24(33)37-16-18(38-25(34)29(4,5)6)20-21(40-26(35)30(7,8)9)22-23(39-20)31(27(36)41-22)19(32)15-17-13-11-10-12-14-17/h10-14,18,20-23H,15-16H2,1-9H3/t18-,20-,21+,22-,23+/m1/s1. The van der Waals surface area contributed by atoms with Crippen LogP contribution in [0, 0.1) is 16.2 Å². The Labute approximate surface area is 240 Å². The molecule has 11 heteroatoms. The Hall–Kier alpha value is -3.47. The molecular formula is C30H41NO10. The lowest BCUT2D eigenvalue weighted by Crippen LogP contribution is -2.49. The third-order valence-electron chi connectivity index (χ3n) is 6.46. The van der Waals surface area contributed by atoms with Gasteiger partial charge in [0, 0.05) is 0 Å². The molecule has 11 nitrogen and oxygen atoms in total. The number of fused-ring (bicyclic) bond motifs is 1. The van der Waals surface area contributed by atoms with Crippen LogP contribution in [0.1, 0.15) is 67.9 Å². The van der Waals surface area contributed by atoms with Gasteiger partial charge >= 0.3 is 24.0 Å². The van der Waals surface area contributed by atoms with Crippen LogP contribution in [0.4, 0.5) is 4.79 Å². The first-order valence-electron chi connectivity index (χ1n) is 13.6. The topological polar surface area (TPSA) is 135 Å². The maximum absolute atomic E-state index is 13.2. The van der Waals surface area contributed by atoms with E-state index in [0.717, 1.165) is 4.90 Å². The van der Waals surface area contributed by atoms with Crippen LogP contribution in [0.15, 0.2) is 30.3 Å². The van der Waals surface area contributed by atoms with Gasteiger partial charge in [0.1, 0.15) is 12.7 Å². The number of imide groups is 1. The van der Waals surface area contributed by atoms with Gasteiger partial charge in [-0.15, -0.1) is 0 Å². The predicted molar refractivity (Wildman–Crippen MR) is 145 cm³/mol. The van der Waals surface area contributed by atoms with Gasteiger partial charge in [-0.1, -0.05) is 30.3 Å². The molecule has 0 aliphatic carbocycles. The number of amides is 2. The molecule has 226 valence electrons. The zero-order chi connectivity index (χ0) is 30.9. The number of rotatable bonds is 7. The van der Waals surface area contributed by atoms with Gasteiger partial charge in [0.2, 0.25) is 5.91 Å². The predicted octanol–water partition coefficient (Wildman–Crippen LogP) is 3.81. The highest BCUT2D eigenvalue weighted by molar-refractivity contribution is 5.94. The molecule has 2 saturated heterocycles. The lowest BCUT2D eigenvalue weighted by atomic mass is 9.96. The molecule has 41 heavy (non-hydrogen) atoms. The Balaban J connectivity index is 1.96. The van der Waals surface area contributed by atoms with Crippen LogP contribution >= 0.6 is 0 Å². The minimum Gasteiger partial charge on any atom is -0.461 e. The molecule has 1 aromatic rings. The van der Waals surface area contributed by atoms with Gasteiger partial charge in [0.05, 0.1) is 22.7 Å². The SMILES string of the molecule is CC(C)(C)C(=O)OC[C@@H](OC(=O)C(C)(C)C)[C@H]1O[C@H]2[C@H](OC(=O)N2C(=O)Cc2ccccc2)[C@H]1OC(=O)C(C)(C)C. The quantitative estimate of drug-likeness (QED) is 0.349. The molecule has 2 amide bonds. The first-order valence-corrected chi connectivity index (χ1v) is 13.6. The fraction of sp³-hybridized carbons (Fsp3) is 0.633. The van der Waals surface area contributed by atoms with Crippen molar-refractivity contribution in [1.29, 1.82) is 0 Å². The summed E-state index contributed by atoms with van der Waals surface area (Å²) in [5.41, 5.74) is -2.04. The molecule has 2 heterocycles. The molecule has 0 spiro atoms. The molecule has 5 atom stereocenters. The van der Waals surface area contributed by atoms with Crippen molar-refractivity contribution in [2.24, 2.45) is 16.2 Å². The van der Waals surface area contributed by atoms with Gasteiger partial charge in [0.25, 0.3) is 0 Å². The number of carbonyl (C=O) groups excluding carboxylic acids is 5. The maximum Gasteiger partial charge on any atom is 0.419 e. The van der Waals surface area contributed by atoms with Crippen molar-refractivity contribution in [2.75, 3.05) is 6.61 Å². The zero-order valence-corrected chi connectivity index (χ0v) is 25.2. The number of esters is 3. The van der Waals surface area contributed by atoms with Crippen LogP contribution in [0.25, 0.3) is 0 Å². The van der Waals surface area contributed by atoms with Gasteiger partial charge in [0.15, 0.2) is 24.5 Å². The molecule has 0 N–H and O–H groups in total. The van der Waals surface area contributed by atoms with Gasteiger partial charge in [-0.05, 0) is 67.9 Å².